The molecule has 2 aromatic carbocycles. The molecule has 4 heteroatoms. The summed E-state index contributed by atoms with van der Waals surface area (Å²) >= 11 is 1.82. The molecule has 1 aliphatic rings. The first-order valence-corrected chi connectivity index (χ1v) is 9.37. The van der Waals surface area contributed by atoms with Crippen LogP contribution in [-0.2, 0) is 0 Å². The quantitative estimate of drug-likeness (QED) is 0.684. The zero-order valence-corrected chi connectivity index (χ0v) is 15.4. The molecule has 0 bridgehead atoms. The molecule has 2 heterocycles. The maximum Gasteiger partial charge on any atom is 0.186 e. The summed E-state index contributed by atoms with van der Waals surface area (Å²) in [5.74, 6) is 0. The molecular weight excluding hydrogens is 314 g/mol. The molecule has 1 aromatic heterocycles. The van der Waals surface area contributed by atoms with E-state index in [4.69, 9.17) is 4.98 Å². The fourth-order valence-corrected chi connectivity index (χ4v) is 4.50. The summed E-state index contributed by atoms with van der Waals surface area (Å²) in [7, 11) is 0. The van der Waals surface area contributed by atoms with E-state index in [0.717, 1.165) is 31.7 Å². The highest BCUT2D eigenvalue weighted by Gasteiger charge is 2.21. The van der Waals surface area contributed by atoms with Gasteiger partial charge in [-0.05, 0) is 49.6 Å². The van der Waals surface area contributed by atoms with Gasteiger partial charge in [0.2, 0.25) is 0 Å². The normalized spacial score (nSPS) is 15.3. The van der Waals surface area contributed by atoms with Crippen molar-refractivity contribution in [2.75, 3.05) is 36.0 Å². The van der Waals surface area contributed by atoms with Gasteiger partial charge >= 0.3 is 0 Å². The standard InChI is InChI=1S/C20H23N3S/c1-14-7-8-15(2)17(13-14)22-9-11-23(12-10-22)20-21-19-16(3)5-4-6-18(19)24-20/h4-8,13H,9-12H2,1-3H3. The lowest BCUT2D eigenvalue weighted by atomic mass is 10.1. The topological polar surface area (TPSA) is 19.4 Å². The van der Waals surface area contributed by atoms with Gasteiger partial charge < -0.3 is 9.80 Å². The number of anilines is 2. The van der Waals surface area contributed by atoms with Gasteiger partial charge in [-0.15, -0.1) is 0 Å². The average molecular weight is 337 g/mol. The Morgan fingerprint density at radius 2 is 1.62 bits per heavy atom. The largest absolute Gasteiger partial charge is 0.368 e. The molecule has 0 saturated carbocycles. The Morgan fingerprint density at radius 1 is 0.875 bits per heavy atom. The number of aromatic nitrogens is 1. The monoisotopic (exact) mass is 337 g/mol. The van der Waals surface area contributed by atoms with Gasteiger partial charge in [0.25, 0.3) is 0 Å². The maximum atomic E-state index is 4.89. The predicted octanol–water partition coefficient (Wildman–Crippen LogP) is 4.55. The summed E-state index contributed by atoms with van der Waals surface area (Å²) in [6.07, 6.45) is 0. The van der Waals surface area contributed by atoms with Gasteiger partial charge in [-0.3, -0.25) is 0 Å². The van der Waals surface area contributed by atoms with Gasteiger partial charge in [0.15, 0.2) is 5.13 Å². The Morgan fingerprint density at radius 3 is 2.38 bits per heavy atom. The fraction of sp³-hybridized carbons (Fsp3) is 0.350. The van der Waals surface area contributed by atoms with Crippen molar-refractivity contribution in [1.82, 2.24) is 4.98 Å². The SMILES string of the molecule is Cc1ccc(C)c(N2CCN(c3nc4c(C)cccc4s3)CC2)c1. The van der Waals surface area contributed by atoms with Crippen molar-refractivity contribution >= 4 is 32.4 Å². The second-order valence-corrected chi connectivity index (χ2v) is 7.69. The van der Waals surface area contributed by atoms with Crippen molar-refractivity contribution < 1.29 is 0 Å². The summed E-state index contributed by atoms with van der Waals surface area (Å²) in [6.45, 7) is 10.7. The number of piperazine rings is 1. The molecule has 0 N–H and O–H groups in total. The lowest BCUT2D eigenvalue weighted by molar-refractivity contribution is 0.651. The smallest absolute Gasteiger partial charge is 0.186 e. The van der Waals surface area contributed by atoms with Gasteiger partial charge in [0.05, 0.1) is 10.2 Å². The Balaban J connectivity index is 1.53. The summed E-state index contributed by atoms with van der Waals surface area (Å²) in [5, 5.41) is 1.17. The molecule has 1 fully saturated rings. The van der Waals surface area contributed by atoms with Crippen LogP contribution in [0.4, 0.5) is 10.8 Å². The van der Waals surface area contributed by atoms with Gasteiger partial charge in [0.1, 0.15) is 0 Å². The number of thiazole rings is 1. The van der Waals surface area contributed by atoms with Crippen LogP contribution in [0.1, 0.15) is 16.7 Å². The van der Waals surface area contributed by atoms with Gasteiger partial charge in [0, 0.05) is 31.9 Å². The lowest BCUT2D eigenvalue weighted by Gasteiger charge is -2.36. The molecular formula is C20H23N3S. The third kappa shape index (κ3) is 2.75. The van der Waals surface area contributed by atoms with Crippen LogP contribution in [0.15, 0.2) is 36.4 Å². The van der Waals surface area contributed by atoms with E-state index >= 15 is 0 Å². The van der Waals surface area contributed by atoms with E-state index in [0.29, 0.717) is 0 Å². The fourth-order valence-electron chi connectivity index (χ4n) is 3.41. The van der Waals surface area contributed by atoms with E-state index in [1.54, 1.807) is 0 Å². The third-order valence-corrected chi connectivity index (χ3v) is 5.95. The third-order valence-electron chi connectivity index (χ3n) is 4.86. The van der Waals surface area contributed by atoms with Crippen molar-refractivity contribution in [2.45, 2.75) is 20.8 Å². The summed E-state index contributed by atoms with van der Waals surface area (Å²) < 4.78 is 1.29. The molecule has 4 rings (SSSR count). The summed E-state index contributed by atoms with van der Waals surface area (Å²) in [4.78, 5) is 9.84. The number of hydrogen-bond acceptors (Lipinski definition) is 4. The van der Waals surface area contributed by atoms with Crippen molar-refractivity contribution in [2.24, 2.45) is 0 Å². The van der Waals surface area contributed by atoms with Crippen LogP contribution >= 0.6 is 11.3 Å². The van der Waals surface area contributed by atoms with E-state index in [9.17, 15) is 0 Å². The number of para-hydroxylation sites is 1. The van der Waals surface area contributed by atoms with E-state index < -0.39 is 0 Å². The van der Waals surface area contributed by atoms with E-state index in [-0.39, 0.29) is 0 Å². The van der Waals surface area contributed by atoms with E-state index in [1.165, 1.54) is 32.2 Å². The van der Waals surface area contributed by atoms with E-state index in [1.807, 2.05) is 11.3 Å². The molecule has 0 aliphatic carbocycles. The second-order valence-electron chi connectivity index (χ2n) is 6.68. The number of hydrogen-bond donors (Lipinski definition) is 0. The average Bonchev–Trinajstić information content (AvgIpc) is 3.03. The number of benzene rings is 2. The Labute approximate surface area is 147 Å². The predicted molar refractivity (Wildman–Crippen MR) is 105 cm³/mol. The van der Waals surface area contributed by atoms with Gasteiger partial charge in [-0.1, -0.05) is 35.6 Å². The van der Waals surface area contributed by atoms with Gasteiger partial charge in [-0.2, -0.15) is 0 Å². The number of nitrogens with zero attached hydrogens (tertiary/aromatic N) is 3. The first-order valence-electron chi connectivity index (χ1n) is 8.55. The van der Waals surface area contributed by atoms with Crippen molar-refractivity contribution in [3.8, 4) is 0 Å². The molecule has 0 atom stereocenters. The molecule has 24 heavy (non-hydrogen) atoms. The zero-order chi connectivity index (χ0) is 16.7. The first-order chi connectivity index (χ1) is 11.6. The van der Waals surface area contributed by atoms with Gasteiger partial charge in [-0.25, -0.2) is 4.98 Å². The number of rotatable bonds is 2. The molecule has 0 spiro atoms. The van der Waals surface area contributed by atoms with Crippen LogP contribution in [0.3, 0.4) is 0 Å². The van der Waals surface area contributed by atoms with Crippen LogP contribution in [0, 0.1) is 20.8 Å². The van der Waals surface area contributed by atoms with Crippen molar-refractivity contribution in [3.63, 3.8) is 0 Å². The molecule has 1 aliphatic heterocycles. The molecule has 124 valence electrons. The maximum absolute atomic E-state index is 4.89. The summed E-state index contributed by atoms with van der Waals surface area (Å²) in [5.41, 5.74) is 6.51. The zero-order valence-electron chi connectivity index (χ0n) is 14.5. The molecule has 3 aromatic rings. The minimum absolute atomic E-state index is 1.03. The van der Waals surface area contributed by atoms with Crippen molar-refractivity contribution in [1.29, 1.82) is 0 Å². The Kier molecular flexibility index (Phi) is 3.93. The Bertz CT molecular complexity index is 876. The second kappa shape index (κ2) is 6.10. The van der Waals surface area contributed by atoms with Crippen LogP contribution in [0.25, 0.3) is 10.2 Å². The Hall–Kier alpha value is -2.07. The number of fused-ring (bicyclic) bond motifs is 1. The van der Waals surface area contributed by atoms with Crippen LogP contribution in [0.5, 0.6) is 0 Å². The highest BCUT2D eigenvalue weighted by atomic mass is 32.1. The van der Waals surface area contributed by atoms with Crippen molar-refractivity contribution in [3.05, 3.63) is 53.1 Å². The van der Waals surface area contributed by atoms with E-state index in [2.05, 4.69) is 67.0 Å². The molecule has 0 amide bonds. The van der Waals surface area contributed by atoms with Crippen LogP contribution in [0.2, 0.25) is 0 Å². The first kappa shape index (κ1) is 15.5. The molecule has 3 nitrogen and oxygen atoms in total. The minimum atomic E-state index is 1.03. The highest BCUT2D eigenvalue weighted by molar-refractivity contribution is 7.22. The number of aryl methyl sites for hydroxylation is 3. The lowest BCUT2D eigenvalue weighted by Crippen LogP contribution is -2.46. The van der Waals surface area contributed by atoms with Crippen LogP contribution in [-0.4, -0.2) is 31.2 Å². The minimum Gasteiger partial charge on any atom is -0.368 e. The highest BCUT2D eigenvalue weighted by Crippen LogP contribution is 2.32. The molecule has 1 saturated heterocycles. The summed E-state index contributed by atoms with van der Waals surface area (Å²) in [6, 6.07) is 13.2. The molecule has 0 radical (unpaired) electrons. The molecule has 0 unspecified atom stereocenters. The van der Waals surface area contributed by atoms with Crippen LogP contribution < -0.4 is 9.80 Å².